The summed E-state index contributed by atoms with van der Waals surface area (Å²) in [6, 6.07) is 10.2. The van der Waals surface area contributed by atoms with Crippen LogP contribution in [-0.4, -0.2) is 38.7 Å². The number of aromatic hydroxyl groups is 1. The molecule has 0 atom stereocenters. The first kappa shape index (κ1) is 20.5. The molecule has 0 saturated carbocycles. The summed E-state index contributed by atoms with van der Waals surface area (Å²) in [6.45, 7) is 7.42. The highest BCUT2D eigenvalue weighted by Crippen LogP contribution is 2.27. The van der Waals surface area contributed by atoms with Gasteiger partial charge in [0, 0.05) is 36.6 Å². The molecule has 0 saturated heterocycles. The number of nitrogens with one attached hydrogen (secondary N) is 1. The zero-order valence-electron chi connectivity index (χ0n) is 16.6. The van der Waals surface area contributed by atoms with E-state index < -0.39 is 8.80 Å². The number of pyridine rings is 1. The normalized spacial score (nSPS) is 13.0. The molecular formula is C21H27NO5Si. The Hall–Kier alpha value is -2.19. The molecule has 3 rings (SSSR count). The predicted octanol–water partition coefficient (Wildman–Crippen LogP) is 3.32. The van der Waals surface area contributed by atoms with Gasteiger partial charge in [0.15, 0.2) is 5.88 Å². The maximum absolute atomic E-state index is 12.6. The van der Waals surface area contributed by atoms with E-state index in [-0.39, 0.29) is 11.4 Å². The molecule has 1 aromatic heterocycles. The molecule has 2 aromatic carbocycles. The Balaban J connectivity index is 2.03. The quantitative estimate of drug-likeness (QED) is 0.538. The van der Waals surface area contributed by atoms with Gasteiger partial charge in [-0.25, -0.2) is 0 Å². The molecule has 0 fully saturated rings. The van der Waals surface area contributed by atoms with E-state index in [1.165, 1.54) is 0 Å². The average molecular weight is 402 g/mol. The minimum atomic E-state index is -2.73. The Kier molecular flexibility index (Phi) is 6.51. The lowest BCUT2D eigenvalue weighted by Gasteiger charge is -2.28. The van der Waals surface area contributed by atoms with E-state index in [1.54, 1.807) is 0 Å². The summed E-state index contributed by atoms with van der Waals surface area (Å²) < 4.78 is 17.7. The van der Waals surface area contributed by atoms with Crippen LogP contribution < -0.4 is 10.8 Å². The summed E-state index contributed by atoms with van der Waals surface area (Å²) in [5, 5.41) is 13.9. The average Bonchev–Trinajstić information content (AvgIpc) is 2.67. The first-order valence-electron chi connectivity index (χ1n) is 9.73. The van der Waals surface area contributed by atoms with E-state index >= 15 is 0 Å². The van der Waals surface area contributed by atoms with Crippen molar-refractivity contribution in [3.63, 3.8) is 0 Å². The van der Waals surface area contributed by atoms with Crippen LogP contribution in [0.3, 0.4) is 0 Å². The third-order valence-electron chi connectivity index (χ3n) is 4.70. The lowest BCUT2D eigenvalue weighted by Crippen LogP contribution is -2.45. The monoisotopic (exact) mass is 401 g/mol. The SMILES string of the molecule is CCO[Si](CCC=c1ccc2cccc3c(O)[nH]c(=O)c1c23)(OCC)OCC. The maximum Gasteiger partial charge on any atom is 0.501 e. The van der Waals surface area contributed by atoms with Crippen molar-refractivity contribution in [3.05, 3.63) is 45.9 Å². The van der Waals surface area contributed by atoms with Gasteiger partial charge in [-0.15, -0.1) is 0 Å². The van der Waals surface area contributed by atoms with Gasteiger partial charge >= 0.3 is 8.80 Å². The number of hydrogen-bond acceptors (Lipinski definition) is 5. The molecule has 3 aromatic rings. The molecule has 1 heterocycles. The van der Waals surface area contributed by atoms with Gasteiger partial charge < -0.3 is 18.4 Å². The Morgan fingerprint density at radius 1 is 1.00 bits per heavy atom. The molecule has 150 valence electrons. The summed E-state index contributed by atoms with van der Waals surface area (Å²) >= 11 is 0. The van der Waals surface area contributed by atoms with Crippen LogP contribution in [0.1, 0.15) is 27.2 Å². The molecule has 2 N–H and O–H groups in total. The predicted molar refractivity (Wildman–Crippen MR) is 113 cm³/mol. The fourth-order valence-electron chi connectivity index (χ4n) is 3.65. The van der Waals surface area contributed by atoms with E-state index in [0.29, 0.717) is 43.1 Å². The van der Waals surface area contributed by atoms with Crippen molar-refractivity contribution in [1.29, 1.82) is 0 Å². The first-order valence-corrected chi connectivity index (χ1v) is 11.7. The number of rotatable bonds is 9. The Labute approximate surface area is 165 Å². The van der Waals surface area contributed by atoms with E-state index in [2.05, 4.69) is 4.98 Å². The van der Waals surface area contributed by atoms with Crippen molar-refractivity contribution in [3.8, 4) is 5.88 Å². The zero-order chi connectivity index (χ0) is 20.1. The van der Waals surface area contributed by atoms with Crippen LogP contribution in [0.2, 0.25) is 6.04 Å². The first-order chi connectivity index (χ1) is 13.5. The van der Waals surface area contributed by atoms with Crippen LogP contribution in [-0.2, 0) is 13.3 Å². The van der Waals surface area contributed by atoms with E-state index in [0.717, 1.165) is 16.0 Å². The summed E-state index contributed by atoms with van der Waals surface area (Å²) in [5.41, 5.74) is -0.295. The van der Waals surface area contributed by atoms with Crippen molar-refractivity contribution < 1.29 is 18.4 Å². The van der Waals surface area contributed by atoms with Crippen molar-refractivity contribution in [2.75, 3.05) is 19.8 Å². The van der Waals surface area contributed by atoms with Gasteiger partial charge in [-0.1, -0.05) is 30.3 Å². The molecule has 0 unspecified atom stereocenters. The second-order valence-electron chi connectivity index (χ2n) is 6.46. The van der Waals surface area contributed by atoms with Gasteiger partial charge in [0.25, 0.3) is 5.56 Å². The molecular weight excluding hydrogens is 374 g/mol. The van der Waals surface area contributed by atoms with Crippen LogP contribution >= 0.6 is 0 Å². The summed E-state index contributed by atoms with van der Waals surface area (Å²) in [6.07, 6.45) is 2.68. The molecule has 0 aliphatic carbocycles. The van der Waals surface area contributed by atoms with Gasteiger partial charge in [0.1, 0.15) is 0 Å². The summed E-state index contributed by atoms with van der Waals surface area (Å²) in [7, 11) is -2.73. The Morgan fingerprint density at radius 2 is 1.68 bits per heavy atom. The number of aromatic nitrogens is 1. The molecule has 0 aliphatic heterocycles. The van der Waals surface area contributed by atoms with Gasteiger partial charge in [0.2, 0.25) is 0 Å². The third-order valence-corrected chi connectivity index (χ3v) is 7.79. The van der Waals surface area contributed by atoms with E-state index in [9.17, 15) is 9.90 Å². The van der Waals surface area contributed by atoms with Crippen LogP contribution in [0.25, 0.3) is 27.6 Å². The molecule has 6 nitrogen and oxygen atoms in total. The van der Waals surface area contributed by atoms with Crippen molar-refractivity contribution in [2.45, 2.75) is 33.2 Å². The number of hydrogen-bond donors (Lipinski definition) is 2. The second-order valence-corrected chi connectivity index (χ2v) is 9.19. The Morgan fingerprint density at radius 3 is 2.32 bits per heavy atom. The van der Waals surface area contributed by atoms with Gasteiger partial charge in [-0.05, 0) is 43.9 Å². The molecule has 0 spiro atoms. The lowest BCUT2D eigenvalue weighted by atomic mass is 10.0. The number of H-pyrrole nitrogens is 1. The lowest BCUT2D eigenvalue weighted by molar-refractivity contribution is 0.0718. The molecule has 0 aliphatic rings. The van der Waals surface area contributed by atoms with E-state index in [4.69, 9.17) is 13.3 Å². The highest BCUT2D eigenvalue weighted by atomic mass is 28.4. The fourth-order valence-corrected chi connectivity index (χ4v) is 6.15. The van der Waals surface area contributed by atoms with Crippen molar-refractivity contribution in [1.82, 2.24) is 4.98 Å². The topological polar surface area (TPSA) is 80.8 Å². The van der Waals surface area contributed by atoms with Gasteiger partial charge in [0.05, 0.1) is 5.39 Å². The largest absolute Gasteiger partial charge is 0.501 e. The summed E-state index contributed by atoms with van der Waals surface area (Å²) in [4.78, 5) is 15.1. The minimum Gasteiger partial charge on any atom is -0.494 e. The molecule has 7 heteroatoms. The summed E-state index contributed by atoms with van der Waals surface area (Å²) in [5.74, 6) is -0.101. The smallest absolute Gasteiger partial charge is 0.494 e. The Bertz CT molecular complexity index is 1040. The molecule has 0 amide bonds. The van der Waals surface area contributed by atoms with Crippen LogP contribution in [0, 0.1) is 0 Å². The van der Waals surface area contributed by atoms with Gasteiger partial charge in [-0.2, -0.15) is 0 Å². The maximum atomic E-state index is 12.6. The minimum absolute atomic E-state index is 0.101. The van der Waals surface area contributed by atoms with Crippen LogP contribution in [0.4, 0.5) is 0 Å². The van der Waals surface area contributed by atoms with E-state index in [1.807, 2.05) is 57.2 Å². The fraction of sp³-hybridized carbons (Fsp3) is 0.381. The third kappa shape index (κ3) is 3.98. The van der Waals surface area contributed by atoms with Gasteiger partial charge in [-0.3, -0.25) is 9.78 Å². The van der Waals surface area contributed by atoms with Crippen LogP contribution in [0.15, 0.2) is 35.1 Å². The van der Waals surface area contributed by atoms with Crippen molar-refractivity contribution in [2.24, 2.45) is 0 Å². The molecule has 0 radical (unpaired) electrons. The highest BCUT2D eigenvalue weighted by molar-refractivity contribution is 6.60. The zero-order valence-corrected chi connectivity index (χ0v) is 17.6. The standard InChI is InChI=1S/C21H27NO5Si/c1-4-25-28(26-5-2,27-6-3)14-8-10-16-13-12-15-9-7-11-17-18(15)19(16)21(24)22-20(17)23/h7,9-13H,4-6,8,14H2,1-3H3,(H2,22,23,24). The van der Waals surface area contributed by atoms with Crippen molar-refractivity contribution >= 4 is 36.4 Å². The second kappa shape index (κ2) is 8.87. The molecule has 0 bridgehead atoms. The van der Waals surface area contributed by atoms with Crippen LogP contribution in [0.5, 0.6) is 5.88 Å². The number of aromatic amines is 1. The molecule has 28 heavy (non-hydrogen) atoms. The number of benzene rings is 2. The highest BCUT2D eigenvalue weighted by Gasteiger charge is 2.39.